The van der Waals surface area contributed by atoms with Gasteiger partial charge in [-0.25, -0.2) is 4.98 Å². The van der Waals surface area contributed by atoms with Gasteiger partial charge in [-0.1, -0.05) is 30.3 Å². The number of amides is 1. The molecule has 144 valence electrons. The van der Waals surface area contributed by atoms with Gasteiger partial charge in [0.25, 0.3) is 11.6 Å². The Morgan fingerprint density at radius 1 is 1.07 bits per heavy atom. The van der Waals surface area contributed by atoms with Crippen molar-refractivity contribution in [3.8, 4) is 0 Å². The molecule has 0 atom stereocenters. The maximum Gasteiger partial charge on any atom is 0.273 e. The molecule has 0 radical (unpaired) electrons. The third-order valence-electron chi connectivity index (χ3n) is 4.65. The molecule has 0 fully saturated rings. The average molecular weight is 403 g/mol. The van der Waals surface area contributed by atoms with Crippen LogP contribution in [-0.4, -0.2) is 15.8 Å². The van der Waals surface area contributed by atoms with Crippen molar-refractivity contribution in [3.63, 3.8) is 0 Å². The van der Waals surface area contributed by atoms with Crippen molar-refractivity contribution in [3.05, 3.63) is 98.5 Å². The van der Waals surface area contributed by atoms with Gasteiger partial charge in [-0.3, -0.25) is 14.9 Å². The monoisotopic (exact) mass is 403 g/mol. The van der Waals surface area contributed by atoms with Gasteiger partial charge in [-0.15, -0.1) is 11.3 Å². The smallest absolute Gasteiger partial charge is 0.273 e. The standard InChI is InChI=1S/C22H17N3O3S/c1-14-17(5-4-7-19(14)25(27)28)22(26)23-16-11-9-15(10-12-16)13-21-24-18-6-2-3-8-20(18)29-21/h2-12H,13H2,1H3,(H,23,26). The van der Waals surface area contributed by atoms with Crippen LogP contribution in [0.4, 0.5) is 11.4 Å². The summed E-state index contributed by atoms with van der Waals surface area (Å²) in [5, 5.41) is 14.9. The van der Waals surface area contributed by atoms with Crippen molar-refractivity contribution in [1.82, 2.24) is 4.98 Å². The molecule has 0 aliphatic carbocycles. The van der Waals surface area contributed by atoms with Crippen LogP contribution in [-0.2, 0) is 6.42 Å². The second-order valence-corrected chi connectivity index (χ2v) is 7.73. The second kappa shape index (κ2) is 7.81. The summed E-state index contributed by atoms with van der Waals surface area (Å²) in [4.78, 5) is 27.8. The van der Waals surface area contributed by atoms with Crippen molar-refractivity contribution < 1.29 is 9.72 Å². The van der Waals surface area contributed by atoms with Crippen LogP contribution in [0.25, 0.3) is 10.2 Å². The van der Waals surface area contributed by atoms with Gasteiger partial charge in [0, 0.05) is 29.3 Å². The molecule has 0 spiro atoms. The molecule has 1 aromatic heterocycles. The number of benzene rings is 3. The highest BCUT2D eigenvalue weighted by Crippen LogP contribution is 2.25. The maximum atomic E-state index is 12.5. The summed E-state index contributed by atoms with van der Waals surface area (Å²) >= 11 is 1.67. The van der Waals surface area contributed by atoms with Gasteiger partial charge < -0.3 is 5.32 Å². The highest BCUT2D eigenvalue weighted by atomic mass is 32.1. The summed E-state index contributed by atoms with van der Waals surface area (Å²) in [6.07, 6.45) is 0.720. The number of nitrogens with one attached hydrogen (secondary N) is 1. The quantitative estimate of drug-likeness (QED) is 0.359. The summed E-state index contributed by atoms with van der Waals surface area (Å²) in [5.74, 6) is -0.370. The van der Waals surface area contributed by atoms with E-state index >= 15 is 0 Å². The van der Waals surface area contributed by atoms with Gasteiger partial charge in [0.05, 0.1) is 20.1 Å². The van der Waals surface area contributed by atoms with Crippen LogP contribution in [0.2, 0.25) is 0 Å². The van der Waals surface area contributed by atoms with Crippen LogP contribution in [0.15, 0.2) is 66.7 Å². The fourth-order valence-corrected chi connectivity index (χ4v) is 4.14. The number of rotatable bonds is 5. The Labute approximate surface area is 171 Å². The number of carbonyl (C=O) groups is 1. The fourth-order valence-electron chi connectivity index (χ4n) is 3.14. The van der Waals surface area contributed by atoms with Gasteiger partial charge in [-0.05, 0) is 42.8 Å². The van der Waals surface area contributed by atoms with Crippen LogP contribution in [0, 0.1) is 17.0 Å². The molecule has 0 unspecified atom stereocenters. The van der Waals surface area contributed by atoms with Crippen LogP contribution in [0.3, 0.4) is 0 Å². The fraction of sp³-hybridized carbons (Fsp3) is 0.0909. The zero-order valence-electron chi connectivity index (χ0n) is 15.6. The molecule has 0 bridgehead atoms. The Kier molecular flexibility index (Phi) is 5.05. The third kappa shape index (κ3) is 4.00. The number of nitro groups is 1. The van der Waals surface area contributed by atoms with Gasteiger partial charge in [0.15, 0.2) is 0 Å². The molecule has 29 heavy (non-hydrogen) atoms. The molecule has 3 aromatic carbocycles. The summed E-state index contributed by atoms with van der Waals surface area (Å²) in [7, 11) is 0. The highest BCUT2D eigenvalue weighted by Gasteiger charge is 2.18. The van der Waals surface area contributed by atoms with E-state index in [4.69, 9.17) is 0 Å². The highest BCUT2D eigenvalue weighted by molar-refractivity contribution is 7.18. The van der Waals surface area contributed by atoms with Gasteiger partial charge in [0.1, 0.15) is 0 Å². The molecule has 1 heterocycles. The number of hydrogen-bond acceptors (Lipinski definition) is 5. The number of aromatic nitrogens is 1. The second-order valence-electron chi connectivity index (χ2n) is 6.61. The number of nitrogens with zero attached hydrogens (tertiary/aromatic N) is 2. The van der Waals surface area contributed by atoms with E-state index in [2.05, 4.69) is 16.4 Å². The normalized spacial score (nSPS) is 10.8. The van der Waals surface area contributed by atoms with Gasteiger partial charge in [0.2, 0.25) is 0 Å². The first kappa shape index (κ1) is 18.8. The molecule has 6 nitrogen and oxygen atoms in total. The van der Waals surface area contributed by atoms with Crippen LogP contribution in [0.5, 0.6) is 0 Å². The average Bonchev–Trinajstić information content (AvgIpc) is 3.11. The zero-order chi connectivity index (χ0) is 20.4. The Bertz CT molecular complexity index is 1180. The molecule has 1 N–H and O–H groups in total. The lowest BCUT2D eigenvalue weighted by Crippen LogP contribution is -2.14. The van der Waals surface area contributed by atoms with Crippen LogP contribution in [0.1, 0.15) is 26.5 Å². The van der Waals surface area contributed by atoms with E-state index in [1.165, 1.54) is 16.8 Å². The molecular weight excluding hydrogens is 386 g/mol. The minimum Gasteiger partial charge on any atom is -0.322 e. The lowest BCUT2D eigenvalue weighted by Gasteiger charge is -2.08. The van der Waals surface area contributed by atoms with Crippen molar-refractivity contribution in [2.75, 3.05) is 5.32 Å². The van der Waals surface area contributed by atoms with E-state index in [9.17, 15) is 14.9 Å². The maximum absolute atomic E-state index is 12.5. The largest absolute Gasteiger partial charge is 0.322 e. The van der Waals surface area contributed by atoms with Crippen molar-refractivity contribution in [1.29, 1.82) is 0 Å². The van der Waals surface area contributed by atoms with E-state index in [1.54, 1.807) is 24.3 Å². The molecule has 1 amide bonds. The molecule has 0 saturated carbocycles. The first-order chi connectivity index (χ1) is 14.0. The SMILES string of the molecule is Cc1c(C(=O)Nc2ccc(Cc3nc4ccccc4s3)cc2)cccc1[N+](=O)[O-]. The number of carbonyl (C=O) groups excluding carboxylic acids is 1. The van der Waals surface area contributed by atoms with E-state index in [0.717, 1.165) is 22.5 Å². The lowest BCUT2D eigenvalue weighted by molar-refractivity contribution is -0.385. The Balaban J connectivity index is 1.47. The van der Waals surface area contributed by atoms with Crippen LogP contribution < -0.4 is 5.32 Å². The molecule has 0 aliphatic heterocycles. The Hall–Kier alpha value is -3.58. The number of hydrogen-bond donors (Lipinski definition) is 1. The molecule has 0 aliphatic rings. The number of anilines is 1. The molecule has 4 aromatic rings. The van der Waals surface area contributed by atoms with E-state index in [0.29, 0.717) is 11.3 Å². The molecule has 0 saturated heterocycles. The van der Waals surface area contributed by atoms with E-state index in [1.807, 2.05) is 42.5 Å². The van der Waals surface area contributed by atoms with Crippen molar-refractivity contribution in [2.45, 2.75) is 13.3 Å². The number of fused-ring (bicyclic) bond motifs is 1. The van der Waals surface area contributed by atoms with Gasteiger partial charge in [-0.2, -0.15) is 0 Å². The van der Waals surface area contributed by atoms with E-state index in [-0.39, 0.29) is 17.2 Å². The molecule has 4 rings (SSSR count). The number of para-hydroxylation sites is 1. The number of nitro benzene ring substituents is 1. The minimum atomic E-state index is -0.483. The topological polar surface area (TPSA) is 85.1 Å². The molecule has 7 heteroatoms. The summed E-state index contributed by atoms with van der Waals surface area (Å²) in [6, 6.07) is 20.1. The number of thiazole rings is 1. The van der Waals surface area contributed by atoms with Crippen molar-refractivity contribution >= 4 is 38.8 Å². The van der Waals surface area contributed by atoms with Gasteiger partial charge >= 0.3 is 0 Å². The summed E-state index contributed by atoms with van der Waals surface area (Å²) < 4.78 is 1.17. The predicted octanol–water partition coefficient (Wildman–Crippen LogP) is 5.36. The molecular formula is C22H17N3O3S. The first-order valence-corrected chi connectivity index (χ1v) is 9.81. The summed E-state index contributed by atoms with van der Waals surface area (Å²) in [5.41, 5.74) is 3.30. The lowest BCUT2D eigenvalue weighted by atomic mass is 10.1. The van der Waals surface area contributed by atoms with E-state index < -0.39 is 4.92 Å². The Morgan fingerprint density at radius 3 is 2.55 bits per heavy atom. The summed E-state index contributed by atoms with van der Waals surface area (Å²) in [6.45, 7) is 1.58. The first-order valence-electron chi connectivity index (χ1n) is 9.00. The third-order valence-corrected chi connectivity index (χ3v) is 5.69. The zero-order valence-corrected chi connectivity index (χ0v) is 16.4. The van der Waals surface area contributed by atoms with Crippen LogP contribution >= 0.6 is 11.3 Å². The minimum absolute atomic E-state index is 0.0659. The predicted molar refractivity (Wildman–Crippen MR) is 115 cm³/mol. The Morgan fingerprint density at radius 2 is 1.83 bits per heavy atom. The van der Waals surface area contributed by atoms with Crippen molar-refractivity contribution in [2.24, 2.45) is 0 Å².